The maximum atomic E-state index is 6.33. The SMILES string of the molecule is COc1ccc2c3c1OC1C[C@@H](N)C=C[C@@]31CCN(C)C2. The highest BCUT2D eigenvalue weighted by atomic mass is 16.5. The Morgan fingerprint density at radius 1 is 1.43 bits per heavy atom. The minimum Gasteiger partial charge on any atom is -0.493 e. The average Bonchev–Trinajstić information content (AvgIpc) is 2.72. The minimum atomic E-state index is -0.0279. The molecule has 1 aromatic rings. The van der Waals surface area contributed by atoms with Crippen molar-refractivity contribution in [2.24, 2.45) is 5.73 Å². The molecule has 2 N–H and O–H groups in total. The lowest BCUT2D eigenvalue weighted by Gasteiger charge is -2.36. The molecule has 2 heterocycles. The second kappa shape index (κ2) is 4.49. The predicted molar refractivity (Wildman–Crippen MR) is 81.8 cm³/mol. The van der Waals surface area contributed by atoms with Crippen molar-refractivity contribution in [3.05, 3.63) is 35.4 Å². The third kappa shape index (κ3) is 1.75. The van der Waals surface area contributed by atoms with Crippen LogP contribution in [0.3, 0.4) is 0 Å². The lowest BCUT2D eigenvalue weighted by Crippen LogP contribution is -2.44. The Kier molecular flexibility index (Phi) is 2.81. The van der Waals surface area contributed by atoms with Crippen LogP contribution in [0.5, 0.6) is 11.5 Å². The van der Waals surface area contributed by atoms with Gasteiger partial charge in [0.15, 0.2) is 11.5 Å². The molecule has 1 aromatic carbocycles. The van der Waals surface area contributed by atoms with Gasteiger partial charge >= 0.3 is 0 Å². The first-order valence-corrected chi connectivity index (χ1v) is 7.64. The first-order chi connectivity index (χ1) is 10.1. The van der Waals surface area contributed by atoms with Crippen molar-refractivity contribution in [2.45, 2.75) is 36.9 Å². The van der Waals surface area contributed by atoms with E-state index in [1.807, 2.05) is 6.07 Å². The predicted octanol–water partition coefficient (Wildman–Crippen LogP) is 1.82. The van der Waals surface area contributed by atoms with E-state index in [-0.39, 0.29) is 17.6 Å². The molecule has 3 aliphatic rings. The van der Waals surface area contributed by atoms with Crippen molar-refractivity contribution >= 4 is 0 Å². The summed E-state index contributed by atoms with van der Waals surface area (Å²) in [5.74, 6) is 1.78. The van der Waals surface area contributed by atoms with Crippen molar-refractivity contribution in [3.8, 4) is 11.5 Å². The third-order valence-corrected chi connectivity index (χ3v) is 5.20. The molecular weight excluding hydrogens is 264 g/mol. The van der Waals surface area contributed by atoms with Crippen LogP contribution in [0.2, 0.25) is 0 Å². The van der Waals surface area contributed by atoms with Crippen LogP contribution in [-0.4, -0.2) is 37.7 Å². The molecule has 0 saturated carbocycles. The van der Waals surface area contributed by atoms with Gasteiger partial charge in [0.05, 0.1) is 12.5 Å². The van der Waals surface area contributed by atoms with Gasteiger partial charge in [-0.3, -0.25) is 0 Å². The number of rotatable bonds is 1. The second-order valence-corrected chi connectivity index (χ2v) is 6.52. The first kappa shape index (κ1) is 13.2. The molecule has 4 nitrogen and oxygen atoms in total. The van der Waals surface area contributed by atoms with Gasteiger partial charge in [-0.15, -0.1) is 0 Å². The second-order valence-electron chi connectivity index (χ2n) is 6.52. The summed E-state index contributed by atoms with van der Waals surface area (Å²) in [7, 11) is 3.89. The van der Waals surface area contributed by atoms with Crippen LogP contribution in [0.1, 0.15) is 24.0 Å². The highest BCUT2D eigenvalue weighted by Gasteiger charge is 2.52. The standard InChI is InChI=1S/C17H22N2O2/c1-19-8-7-17-6-5-12(18)9-14(17)21-16-13(20-2)4-3-11(10-19)15(16)17/h3-6,12,14H,7-10,18H2,1-2H3/t12-,14?,17-/m0/s1. The number of hydrogen-bond donors (Lipinski definition) is 1. The monoisotopic (exact) mass is 286 g/mol. The van der Waals surface area contributed by atoms with E-state index in [2.05, 4.69) is 30.2 Å². The number of nitrogens with zero attached hydrogens (tertiary/aromatic N) is 1. The number of benzene rings is 1. The molecule has 4 heteroatoms. The Labute approximate surface area is 125 Å². The Hall–Kier alpha value is -1.52. The molecule has 2 aliphatic heterocycles. The van der Waals surface area contributed by atoms with Crippen LogP contribution in [0.25, 0.3) is 0 Å². The Morgan fingerprint density at radius 3 is 3.10 bits per heavy atom. The van der Waals surface area contributed by atoms with Crippen molar-refractivity contribution < 1.29 is 9.47 Å². The Morgan fingerprint density at radius 2 is 2.29 bits per heavy atom. The third-order valence-electron chi connectivity index (χ3n) is 5.20. The van der Waals surface area contributed by atoms with Crippen LogP contribution < -0.4 is 15.2 Å². The highest BCUT2D eigenvalue weighted by Crippen LogP contribution is 2.55. The van der Waals surface area contributed by atoms with Crippen molar-refractivity contribution in [3.63, 3.8) is 0 Å². The Balaban J connectivity index is 1.95. The molecule has 0 fully saturated rings. The zero-order valence-electron chi connectivity index (χ0n) is 12.6. The summed E-state index contributed by atoms with van der Waals surface area (Å²) >= 11 is 0. The van der Waals surface area contributed by atoms with Gasteiger partial charge < -0.3 is 20.1 Å². The van der Waals surface area contributed by atoms with E-state index in [0.29, 0.717) is 0 Å². The van der Waals surface area contributed by atoms with Gasteiger partial charge in [0.25, 0.3) is 0 Å². The van der Waals surface area contributed by atoms with E-state index in [0.717, 1.165) is 37.4 Å². The summed E-state index contributed by atoms with van der Waals surface area (Å²) in [5, 5.41) is 0. The molecule has 1 unspecified atom stereocenters. The molecular formula is C17H22N2O2. The van der Waals surface area contributed by atoms with Gasteiger partial charge in [0.1, 0.15) is 6.10 Å². The molecule has 0 amide bonds. The summed E-state index contributed by atoms with van der Waals surface area (Å²) in [4.78, 5) is 2.38. The normalized spacial score (nSPS) is 33.9. The molecule has 3 atom stereocenters. The van der Waals surface area contributed by atoms with Crippen LogP contribution in [-0.2, 0) is 12.0 Å². The average molecular weight is 286 g/mol. The van der Waals surface area contributed by atoms with E-state index in [9.17, 15) is 0 Å². The number of methoxy groups -OCH3 is 1. The van der Waals surface area contributed by atoms with Gasteiger partial charge in [-0.05, 0) is 31.6 Å². The van der Waals surface area contributed by atoms with E-state index < -0.39 is 0 Å². The minimum absolute atomic E-state index is 0.0279. The summed E-state index contributed by atoms with van der Waals surface area (Å²) < 4.78 is 11.9. The van der Waals surface area contributed by atoms with Gasteiger partial charge in [-0.2, -0.15) is 0 Å². The molecule has 4 rings (SSSR count). The van der Waals surface area contributed by atoms with E-state index in [1.54, 1.807) is 7.11 Å². The van der Waals surface area contributed by atoms with Gasteiger partial charge in [0, 0.05) is 24.6 Å². The van der Waals surface area contributed by atoms with Gasteiger partial charge in [0.2, 0.25) is 0 Å². The topological polar surface area (TPSA) is 47.7 Å². The summed E-state index contributed by atoms with van der Waals surface area (Å²) in [6, 6.07) is 4.31. The molecule has 112 valence electrons. The number of hydrogen-bond acceptors (Lipinski definition) is 4. The first-order valence-electron chi connectivity index (χ1n) is 7.64. The summed E-state index contributed by atoms with van der Waals surface area (Å²) in [5.41, 5.74) is 8.78. The van der Waals surface area contributed by atoms with Gasteiger partial charge in [-0.1, -0.05) is 18.2 Å². The van der Waals surface area contributed by atoms with Crippen molar-refractivity contribution in [1.29, 1.82) is 0 Å². The number of ether oxygens (including phenoxy) is 2. The van der Waals surface area contributed by atoms with E-state index >= 15 is 0 Å². The Bertz CT molecular complexity index is 613. The maximum absolute atomic E-state index is 6.33. The summed E-state index contributed by atoms with van der Waals surface area (Å²) in [6.07, 6.45) is 6.54. The zero-order valence-corrected chi connectivity index (χ0v) is 12.6. The van der Waals surface area contributed by atoms with E-state index in [1.165, 1.54) is 11.1 Å². The molecule has 0 aromatic heterocycles. The molecule has 1 aliphatic carbocycles. The van der Waals surface area contributed by atoms with Crippen LogP contribution in [0.4, 0.5) is 0 Å². The zero-order chi connectivity index (χ0) is 14.6. The maximum Gasteiger partial charge on any atom is 0.166 e. The lowest BCUT2D eigenvalue weighted by atomic mass is 9.69. The van der Waals surface area contributed by atoms with Crippen LogP contribution >= 0.6 is 0 Å². The molecule has 1 spiro atoms. The van der Waals surface area contributed by atoms with Crippen LogP contribution in [0.15, 0.2) is 24.3 Å². The highest BCUT2D eigenvalue weighted by molar-refractivity contribution is 5.61. The summed E-state index contributed by atoms with van der Waals surface area (Å²) in [6.45, 7) is 2.03. The fourth-order valence-corrected chi connectivity index (χ4v) is 4.12. The number of nitrogens with two attached hydrogens (primary N) is 1. The largest absolute Gasteiger partial charge is 0.493 e. The van der Waals surface area contributed by atoms with Crippen LogP contribution in [0, 0.1) is 0 Å². The lowest BCUT2D eigenvalue weighted by molar-refractivity contribution is 0.134. The smallest absolute Gasteiger partial charge is 0.166 e. The van der Waals surface area contributed by atoms with E-state index in [4.69, 9.17) is 15.2 Å². The quantitative estimate of drug-likeness (QED) is 0.800. The van der Waals surface area contributed by atoms with Crippen molar-refractivity contribution in [1.82, 2.24) is 4.90 Å². The molecule has 0 radical (unpaired) electrons. The fraction of sp³-hybridized carbons (Fsp3) is 0.529. The molecule has 0 bridgehead atoms. The van der Waals surface area contributed by atoms with Crippen molar-refractivity contribution in [2.75, 3.05) is 20.7 Å². The van der Waals surface area contributed by atoms with Gasteiger partial charge in [-0.25, -0.2) is 0 Å². The molecule has 21 heavy (non-hydrogen) atoms. The fourth-order valence-electron chi connectivity index (χ4n) is 4.12. The molecule has 0 saturated heterocycles.